The molecule has 0 saturated heterocycles. The second kappa shape index (κ2) is 5.74. The van der Waals surface area contributed by atoms with Gasteiger partial charge in [-0.2, -0.15) is 5.26 Å². The number of carbonyl (C=O) groups is 2. The summed E-state index contributed by atoms with van der Waals surface area (Å²) in [5, 5.41) is 14.6. The van der Waals surface area contributed by atoms with Gasteiger partial charge >= 0.3 is 0 Å². The van der Waals surface area contributed by atoms with Gasteiger partial charge in [0.25, 0.3) is 5.91 Å². The number of nitrogens with zero attached hydrogens (tertiary/aromatic N) is 1. The van der Waals surface area contributed by atoms with Crippen molar-refractivity contribution in [2.45, 2.75) is 25.7 Å². The van der Waals surface area contributed by atoms with Gasteiger partial charge in [0.05, 0.1) is 6.07 Å². The quantitative estimate of drug-likeness (QED) is 0.882. The molecule has 104 valence electrons. The minimum atomic E-state index is -0.914. The summed E-state index contributed by atoms with van der Waals surface area (Å²) in [6.07, 6.45) is 3.01. The molecule has 1 aliphatic carbocycles. The molecular formula is C15H17N3O2. The Balaban J connectivity index is 2.16. The fraction of sp³-hybridized carbons (Fsp3) is 0.400. The van der Waals surface area contributed by atoms with Crippen LogP contribution in [-0.4, -0.2) is 18.9 Å². The second-order valence-electron chi connectivity index (χ2n) is 5.02. The largest absolute Gasteiger partial charge is 0.355 e. The number of nitriles is 1. The zero-order valence-corrected chi connectivity index (χ0v) is 11.4. The summed E-state index contributed by atoms with van der Waals surface area (Å²) >= 11 is 0. The summed E-state index contributed by atoms with van der Waals surface area (Å²) in [5.41, 5.74) is 0.101. The maximum Gasteiger partial charge on any atom is 0.251 e. The fourth-order valence-electron chi connectivity index (χ4n) is 2.50. The number of hydrogen-bond acceptors (Lipinski definition) is 3. The molecule has 2 amide bonds. The summed E-state index contributed by atoms with van der Waals surface area (Å²) in [5.74, 6) is -0.483. The van der Waals surface area contributed by atoms with Crippen LogP contribution >= 0.6 is 0 Å². The average Bonchev–Trinajstić information content (AvgIpc) is 2.97. The van der Waals surface area contributed by atoms with Gasteiger partial charge in [-0.25, -0.2) is 0 Å². The van der Waals surface area contributed by atoms with Crippen LogP contribution in [0.4, 0.5) is 5.69 Å². The summed E-state index contributed by atoms with van der Waals surface area (Å²) in [6, 6.07) is 8.85. The van der Waals surface area contributed by atoms with Crippen LogP contribution < -0.4 is 10.6 Å². The molecule has 5 nitrogen and oxygen atoms in total. The normalized spacial score (nSPS) is 16.2. The number of carbonyl (C=O) groups excluding carboxylic acids is 2. The molecule has 1 saturated carbocycles. The van der Waals surface area contributed by atoms with E-state index >= 15 is 0 Å². The number of benzene rings is 1. The topological polar surface area (TPSA) is 82.0 Å². The maximum atomic E-state index is 12.3. The zero-order chi connectivity index (χ0) is 14.6. The first-order chi connectivity index (χ1) is 9.61. The van der Waals surface area contributed by atoms with E-state index in [2.05, 4.69) is 16.7 Å². The van der Waals surface area contributed by atoms with Gasteiger partial charge in [-0.15, -0.1) is 0 Å². The van der Waals surface area contributed by atoms with E-state index in [1.165, 1.54) is 0 Å². The highest BCUT2D eigenvalue weighted by Crippen LogP contribution is 2.38. The standard InChI is InChI=1S/C15H17N3O2/c1-17-13(19)11-5-4-6-12(9-11)18-14(20)15(10-16)7-2-3-8-15/h4-6,9H,2-3,7-8H2,1H3,(H,17,19)(H,18,20). The van der Waals surface area contributed by atoms with E-state index in [0.717, 1.165) is 12.8 Å². The van der Waals surface area contributed by atoms with Gasteiger partial charge in [0.2, 0.25) is 5.91 Å². The van der Waals surface area contributed by atoms with Crippen molar-refractivity contribution in [3.8, 4) is 6.07 Å². The molecule has 0 aliphatic heterocycles. The SMILES string of the molecule is CNC(=O)c1cccc(NC(=O)C2(C#N)CCCC2)c1. The van der Waals surface area contributed by atoms with Crippen molar-refractivity contribution in [1.82, 2.24) is 5.32 Å². The predicted octanol–water partition coefficient (Wildman–Crippen LogP) is 2.07. The smallest absolute Gasteiger partial charge is 0.251 e. The molecule has 2 rings (SSSR count). The van der Waals surface area contributed by atoms with Crippen molar-refractivity contribution >= 4 is 17.5 Å². The third kappa shape index (κ3) is 2.64. The lowest BCUT2D eigenvalue weighted by Gasteiger charge is -2.19. The van der Waals surface area contributed by atoms with Crippen LogP contribution in [0, 0.1) is 16.7 Å². The molecule has 0 atom stereocenters. The van der Waals surface area contributed by atoms with Crippen LogP contribution in [0.25, 0.3) is 0 Å². The lowest BCUT2D eigenvalue weighted by Crippen LogP contribution is -2.32. The van der Waals surface area contributed by atoms with Gasteiger partial charge in [-0.05, 0) is 31.0 Å². The van der Waals surface area contributed by atoms with E-state index < -0.39 is 5.41 Å². The first-order valence-corrected chi connectivity index (χ1v) is 6.66. The van der Waals surface area contributed by atoms with Gasteiger partial charge in [-0.1, -0.05) is 18.9 Å². The van der Waals surface area contributed by atoms with Gasteiger partial charge in [0.15, 0.2) is 0 Å². The fourth-order valence-corrected chi connectivity index (χ4v) is 2.50. The van der Waals surface area contributed by atoms with Crippen LogP contribution in [0.15, 0.2) is 24.3 Å². The maximum absolute atomic E-state index is 12.3. The average molecular weight is 271 g/mol. The van der Waals surface area contributed by atoms with Crippen molar-refractivity contribution in [3.05, 3.63) is 29.8 Å². The van der Waals surface area contributed by atoms with Gasteiger partial charge < -0.3 is 10.6 Å². The number of amides is 2. The lowest BCUT2D eigenvalue weighted by molar-refractivity contribution is -0.122. The first kappa shape index (κ1) is 14.1. The second-order valence-corrected chi connectivity index (χ2v) is 5.02. The van der Waals surface area contributed by atoms with Crippen molar-refractivity contribution in [2.24, 2.45) is 5.41 Å². The third-order valence-corrected chi connectivity index (χ3v) is 3.72. The van der Waals surface area contributed by atoms with E-state index in [4.69, 9.17) is 0 Å². The van der Waals surface area contributed by atoms with Crippen LogP contribution in [0.2, 0.25) is 0 Å². The summed E-state index contributed by atoms with van der Waals surface area (Å²) in [4.78, 5) is 23.8. The Bertz CT molecular complexity index is 569. The molecule has 1 aromatic rings. The molecule has 0 heterocycles. The van der Waals surface area contributed by atoms with E-state index in [1.54, 1.807) is 31.3 Å². The Kier molecular flexibility index (Phi) is 4.04. The monoisotopic (exact) mass is 271 g/mol. The molecule has 20 heavy (non-hydrogen) atoms. The van der Waals surface area contributed by atoms with Gasteiger partial charge in [0, 0.05) is 18.3 Å². The summed E-state index contributed by atoms with van der Waals surface area (Å²) < 4.78 is 0. The van der Waals surface area contributed by atoms with E-state index in [1.807, 2.05) is 0 Å². The molecule has 1 aromatic carbocycles. The Hall–Kier alpha value is -2.35. The van der Waals surface area contributed by atoms with Crippen molar-refractivity contribution in [1.29, 1.82) is 5.26 Å². The van der Waals surface area contributed by atoms with Crippen molar-refractivity contribution < 1.29 is 9.59 Å². The van der Waals surface area contributed by atoms with E-state index in [0.29, 0.717) is 24.1 Å². The molecule has 2 N–H and O–H groups in total. The minimum Gasteiger partial charge on any atom is -0.355 e. The Morgan fingerprint density at radius 1 is 1.30 bits per heavy atom. The lowest BCUT2D eigenvalue weighted by atomic mass is 9.87. The van der Waals surface area contributed by atoms with Gasteiger partial charge in [-0.3, -0.25) is 9.59 Å². The Morgan fingerprint density at radius 3 is 2.60 bits per heavy atom. The Morgan fingerprint density at radius 2 is 2.00 bits per heavy atom. The molecule has 1 aliphatic rings. The summed E-state index contributed by atoms with van der Waals surface area (Å²) in [7, 11) is 1.55. The molecule has 0 aromatic heterocycles. The van der Waals surface area contributed by atoms with Gasteiger partial charge in [0.1, 0.15) is 5.41 Å². The van der Waals surface area contributed by atoms with E-state index in [9.17, 15) is 14.9 Å². The Labute approximate surface area is 118 Å². The van der Waals surface area contributed by atoms with Crippen LogP contribution in [0.1, 0.15) is 36.0 Å². The van der Waals surface area contributed by atoms with Crippen LogP contribution in [0.5, 0.6) is 0 Å². The summed E-state index contributed by atoms with van der Waals surface area (Å²) in [6.45, 7) is 0. The van der Waals surface area contributed by atoms with Crippen LogP contribution in [-0.2, 0) is 4.79 Å². The van der Waals surface area contributed by atoms with E-state index in [-0.39, 0.29) is 11.8 Å². The molecule has 1 fully saturated rings. The highest BCUT2D eigenvalue weighted by atomic mass is 16.2. The highest BCUT2D eigenvalue weighted by molar-refractivity contribution is 5.99. The highest BCUT2D eigenvalue weighted by Gasteiger charge is 2.41. The van der Waals surface area contributed by atoms with Crippen molar-refractivity contribution in [2.75, 3.05) is 12.4 Å². The molecular weight excluding hydrogens is 254 g/mol. The molecule has 0 radical (unpaired) electrons. The molecule has 0 unspecified atom stereocenters. The number of hydrogen-bond donors (Lipinski definition) is 2. The molecule has 5 heteroatoms. The zero-order valence-electron chi connectivity index (χ0n) is 11.4. The number of rotatable bonds is 3. The van der Waals surface area contributed by atoms with Crippen LogP contribution in [0.3, 0.4) is 0 Å². The number of anilines is 1. The predicted molar refractivity (Wildman–Crippen MR) is 75.0 cm³/mol. The minimum absolute atomic E-state index is 0.211. The number of nitrogens with one attached hydrogen (secondary N) is 2. The molecule has 0 spiro atoms. The first-order valence-electron chi connectivity index (χ1n) is 6.66. The van der Waals surface area contributed by atoms with Crippen molar-refractivity contribution in [3.63, 3.8) is 0 Å². The third-order valence-electron chi connectivity index (χ3n) is 3.72. The molecule has 0 bridgehead atoms.